The Bertz CT molecular complexity index is 782. The van der Waals surface area contributed by atoms with Crippen molar-refractivity contribution in [3.63, 3.8) is 0 Å². The molecular formula is C17H17NO3S. The van der Waals surface area contributed by atoms with Crippen molar-refractivity contribution in [2.75, 3.05) is 6.54 Å². The highest BCUT2D eigenvalue weighted by molar-refractivity contribution is 7.89. The molecule has 0 bridgehead atoms. The maximum absolute atomic E-state index is 12.8. The number of nitrogens with zero attached hydrogens (tertiary/aromatic N) is 1. The number of Topliss-reactive ketones (excluding diaryl/α,β-unsaturated/α-hetero) is 1. The molecule has 0 aromatic heterocycles. The van der Waals surface area contributed by atoms with Gasteiger partial charge >= 0.3 is 0 Å². The third-order valence-electron chi connectivity index (χ3n) is 3.91. The summed E-state index contributed by atoms with van der Waals surface area (Å²) in [5.74, 6) is -0.0538. The number of hydrogen-bond acceptors (Lipinski definition) is 3. The van der Waals surface area contributed by atoms with E-state index in [1.54, 1.807) is 36.4 Å². The largest absolute Gasteiger partial charge is 0.297 e. The Balaban J connectivity index is 2.02. The summed E-state index contributed by atoms with van der Waals surface area (Å²) in [5, 5.41) is 0. The molecular weight excluding hydrogens is 298 g/mol. The second-order valence-corrected chi connectivity index (χ2v) is 7.35. The topological polar surface area (TPSA) is 54.5 Å². The fraction of sp³-hybridized carbons (Fsp3) is 0.235. The lowest BCUT2D eigenvalue weighted by atomic mass is 10.0. The van der Waals surface area contributed by atoms with Crippen molar-refractivity contribution in [2.24, 2.45) is 0 Å². The van der Waals surface area contributed by atoms with Crippen molar-refractivity contribution in [2.45, 2.75) is 24.3 Å². The summed E-state index contributed by atoms with van der Waals surface area (Å²) < 4.78 is 27.0. The maximum atomic E-state index is 12.8. The first-order valence-electron chi connectivity index (χ1n) is 7.16. The van der Waals surface area contributed by atoms with Crippen molar-refractivity contribution in [1.29, 1.82) is 0 Å². The van der Waals surface area contributed by atoms with E-state index in [9.17, 15) is 13.2 Å². The van der Waals surface area contributed by atoms with Crippen LogP contribution in [0.3, 0.4) is 0 Å². The van der Waals surface area contributed by atoms with Crippen LogP contribution in [-0.2, 0) is 14.8 Å². The summed E-state index contributed by atoms with van der Waals surface area (Å²) >= 11 is 0. The number of hydrogen-bond donors (Lipinski definition) is 0. The van der Waals surface area contributed by atoms with Crippen molar-refractivity contribution >= 4 is 15.8 Å². The predicted octanol–water partition coefficient (Wildman–Crippen LogP) is 2.70. The van der Waals surface area contributed by atoms with Gasteiger partial charge in [0.1, 0.15) is 6.04 Å². The Morgan fingerprint density at radius 2 is 1.64 bits per heavy atom. The first-order chi connectivity index (χ1) is 10.5. The molecule has 2 aromatic rings. The number of rotatable bonds is 3. The SMILES string of the molecule is Cc1ccc(S(=O)(=O)N2CCC(=O)[C@H]2c2ccccc2)cc1. The van der Waals surface area contributed by atoms with E-state index < -0.39 is 16.1 Å². The molecule has 22 heavy (non-hydrogen) atoms. The van der Waals surface area contributed by atoms with Gasteiger partial charge in [0, 0.05) is 13.0 Å². The fourth-order valence-electron chi connectivity index (χ4n) is 2.74. The molecule has 2 aromatic carbocycles. The molecule has 0 radical (unpaired) electrons. The molecule has 0 N–H and O–H groups in total. The summed E-state index contributed by atoms with van der Waals surface area (Å²) in [4.78, 5) is 12.4. The highest BCUT2D eigenvalue weighted by Crippen LogP contribution is 2.34. The molecule has 0 saturated carbocycles. The molecule has 0 spiro atoms. The smallest absolute Gasteiger partial charge is 0.244 e. The zero-order valence-electron chi connectivity index (χ0n) is 12.3. The van der Waals surface area contributed by atoms with E-state index in [2.05, 4.69) is 0 Å². The highest BCUT2D eigenvalue weighted by Gasteiger charge is 2.41. The summed E-state index contributed by atoms with van der Waals surface area (Å²) in [7, 11) is -3.67. The van der Waals surface area contributed by atoms with Crippen LogP contribution in [0.25, 0.3) is 0 Å². The van der Waals surface area contributed by atoms with Crippen LogP contribution in [0.4, 0.5) is 0 Å². The van der Waals surface area contributed by atoms with E-state index in [1.807, 2.05) is 25.1 Å². The van der Waals surface area contributed by atoms with Crippen LogP contribution in [0.15, 0.2) is 59.5 Å². The number of benzene rings is 2. The molecule has 0 aliphatic carbocycles. The van der Waals surface area contributed by atoms with E-state index in [-0.39, 0.29) is 23.6 Å². The van der Waals surface area contributed by atoms with Crippen molar-refractivity contribution < 1.29 is 13.2 Å². The van der Waals surface area contributed by atoms with Crippen LogP contribution in [0.2, 0.25) is 0 Å². The summed E-state index contributed by atoms with van der Waals surface area (Å²) in [6.07, 6.45) is 0.255. The molecule has 5 heteroatoms. The van der Waals surface area contributed by atoms with Crippen LogP contribution >= 0.6 is 0 Å². The van der Waals surface area contributed by atoms with Gasteiger partial charge in [-0.15, -0.1) is 0 Å². The molecule has 4 nitrogen and oxygen atoms in total. The summed E-state index contributed by atoms with van der Waals surface area (Å²) in [6, 6.07) is 15.1. The number of ketones is 1. The first kappa shape index (κ1) is 14.9. The minimum Gasteiger partial charge on any atom is -0.297 e. The second kappa shape index (κ2) is 5.66. The van der Waals surface area contributed by atoms with E-state index >= 15 is 0 Å². The number of aryl methyl sites for hydroxylation is 1. The van der Waals surface area contributed by atoms with Crippen LogP contribution in [-0.4, -0.2) is 25.1 Å². The maximum Gasteiger partial charge on any atom is 0.244 e. The van der Waals surface area contributed by atoms with E-state index in [0.29, 0.717) is 0 Å². The Hall–Kier alpha value is -1.98. The molecule has 0 unspecified atom stereocenters. The average Bonchev–Trinajstić information content (AvgIpc) is 2.91. The van der Waals surface area contributed by atoms with Gasteiger partial charge in [0.05, 0.1) is 4.90 Å². The van der Waals surface area contributed by atoms with Gasteiger partial charge in [0.25, 0.3) is 0 Å². The Morgan fingerprint density at radius 1 is 1.00 bits per heavy atom. The molecule has 1 aliphatic heterocycles. The van der Waals surface area contributed by atoms with Crippen LogP contribution in [0, 0.1) is 6.92 Å². The van der Waals surface area contributed by atoms with Crippen molar-refractivity contribution in [3.8, 4) is 0 Å². The van der Waals surface area contributed by atoms with E-state index in [1.165, 1.54) is 4.31 Å². The van der Waals surface area contributed by atoms with Crippen molar-refractivity contribution in [3.05, 3.63) is 65.7 Å². The highest BCUT2D eigenvalue weighted by atomic mass is 32.2. The Morgan fingerprint density at radius 3 is 2.27 bits per heavy atom. The number of carbonyl (C=O) groups excluding carboxylic acids is 1. The normalized spacial score (nSPS) is 19.5. The van der Waals surface area contributed by atoms with Crippen LogP contribution in [0.5, 0.6) is 0 Å². The molecule has 0 amide bonds. The van der Waals surface area contributed by atoms with Crippen LogP contribution in [0.1, 0.15) is 23.6 Å². The lowest BCUT2D eigenvalue weighted by Crippen LogP contribution is -2.32. The van der Waals surface area contributed by atoms with Gasteiger partial charge in [0.15, 0.2) is 5.78 Å². The molecule has 1 saturated heterocycles. The first-order valence-corrected chi connectivity index (χ1v) is 8.60. The van der Waals surface area contributed by atoms with Gasteiger partial charge in [0.2, 0.25) is 10.0 Å². The molecule has 3 rings (SSSR count). The van der Waals surface area contributed by atoms with Gasteiger partial charge in [-0.1, -0.05) is 48.0 Å². The Labute approximate surface area is 130 Å². The summed E-state index contributed by atoms with van der Waals surface area (Å²) in [6.45, 7) is 2.14. The van der Waals surface area contributed by atoms with Gasteiger partial charge in [-0.25, -0.2) is 8.42 Å². The molecule has 1 aliphatic rings. The zero-order chi connectivity index (χ0) is 15.7. The third kappa shape index (κ3) is 2.58. The van der Waals surface area contributed by atoms with Gasteiger partial charge in [-0.05, 0) is 24.6 Å². The number of sulfonamides is 1. The van der Waals surface area contributed by atoms with E-state index in [4.69, 9.17) is 0 Å². The fourth-order valence-corrected chi connectivity index (χ4v) is 4.34. The standard InChI is InChI=1S/C17H17NO3S/c1-13-7-9-15(10-8-13)22(20,21)18-12-11-16(19)17(18)14-5-3-2-4-6-14/h2-10,17H,11-12H2,1H3/t17-/m1/s1. The molecule has 114 valence electrons. The molecule has 1 fully saturated rings. The minimum absolute atomic E-state index is 0.0538. The predicted molar refractivity (Wildman–Crippen MR) is 83.9 cm³/mol. The average molecular weight is 315 g/mol. The Kier molecular flexibility index (Phi) is 3.85. The van der Waals surface area contributed by atoms with Crippen LogP contribution < -0.4 is 0 Å². The summed E-state index contributed by atoms with van der Waals surface area (Å²) in [5.41, 5.74) is 1.72. The van der Waals surface area contributed by atoms with Crippen molar-refractivity contribution in [1.82, 2.24) is 4.31 Å². The lowest BCUT2D eigenvalue weighted by Gasteiger charge is -2.23. The second-order valence-electron chi connectivity index (χ2n) is 5.46. The van der Waals surface area contributed by atoms with Gasteiger partial charge in [-0.2, -0.15) is 4.31 Å². The molecule has 1 atom stereocenters. The molecule has 1 heterocycles. The van der Waals surface area contributed by atoms with E-state index in [0.717, 1.165) is 11.1 Å². The third-order valence-corrected chi connectivity index (χ3v) is 5.79. The zero-order valence-corrected chi connectivity index (χ0v) is 13.1. The van der Waals surface area contributed by atoms with Gasteiger partial charge in [-0.3, -0.25) is 4.79 Å². The monoisotopic (exact) mass is 315 g/mol. The van der Waals surface area contributed by atoms with Gasteiger partial charge < -0.3 is 0 Å². The quantitative estimate of drug-likeness (QED) is 0.875. The number of carbonyl (C=O) groups is 1. The minimum atomic E-state index is -3.67. The lowest BCUT2D eigenvalue weighted by molar-refractivity contribution is -0.119.